The van der Waals surface area contributed by atoms with Gasteiger partial charge in [-0.3, -0.25) is 4.79 Å². The summed E-state index contributed by atoms with van der Waals surface area (Å²) in [5.41, 5.74) is -1.04. The third-order valence-electron chi connectivity index (χ3n) is 5.74. The van der Waals surface area contributed by atoms with Crippen LogP contribution in [0.3, 0.4) is 0 Å². The predicted molar refractivity (Wildman–Crippen MR) is 148 cm³/mol. The molecule has 220 valence electrons. The van der Waals surface area contributed by atoms with E-state index in [2.05, 4.69) is 5.32 Å². The van der Waals surface area contributed by atoms with Crippen molar-refractivity contribution in [1.29, 1.82) is 0 Å². The van der Waals surface area contributed by atoms with E-state index in [0.29, 0.717) is 40.7 Å². The molecule has 0 unspecified atom stereocenters. The number of ether oxygens (including phenoxy) is 2. The van der Waals surface area contributed by atoms with Crippen LogP contribution in [0.15, 0.2) is 24.3 Å². The largest absolute Gasteiger partial charge is 0.444 e. The summed E-state index contributed by atoms with van der Waals surface area (Å²) in [7, 11) is -4.43. The number of rotatable bonds is 11. The standard InChI is InChI=1S/C26H41ClN4O7S/c1-25(2,3)37-23(33)30-16-8-10-22(30)9-7-15-29(18-28-19-32)39(35,36)31(24(34)38-26(4,5)6)17-20-11-13-21(27)14-12-20/h11-14,19,22H,7-10,15-18H2,1-6H3,(H,28,32)/t22-/m1/s1. The van der Waals surface area contributed by atoms with Crippen LogP contribution in [0, 0.1) is 0 Å². The van der Waals surface area contributed by atoms with Crippen molar-refractivity contribution in [3.8, 4) is 0 Å². The van der Waals surface area contributed by atoms with Crippen LogP contribution in [-0.2, 0) is 31.0 Å². The van der Waals surface area contributed by atoms with Crippen molar-refractivity contribution in [2.45, 2.75) is 91.0 Å². The van der Waals surface area contributed by atoms with Gasteiger partial charge in [0.25, 0.3) is 0 Å². The van der Waals surface area contributed by atoms with E-state index < -0.39 is 33.6 Å². The van der Waals surface area contributed by atoms with Gasteiger partial charge >= 0.3 is 22.4 Å². The SMILES string of the molecule is CC(C)(C)OC(=O)N1CCC[C@H]1CCCN(CNC=O)S(=O)(=O)N(Cc1ccc(Cl)cc1)C(=O)OC(C)(C)C. The Morgan fingerprint density at radius 3 is 2.28 bits per heavy atom. The quantitative estimate of drug-likeness (QED) is 0.298. The van der Waals surface area contributed by atoms with Gasteiger partial charge in [0.2, 0.25) is 6.41 Å². The van der Waals surface area contributed by atoms with Gasteiger partial charge in [-0.15, -0.1) is 0 Å². The molecule has 1 heterocycles. The van der Waals surface area contributed by atoms with Crippen molar-refractivity contribution in [3.05, 3.63) is 34.9 Å². The van der Waals surface area contributed by atoms with Gasteiger partial charge < -0.3 is 19.7 Å². The first-order valence-corrected chi connectivity index (χ1v) is 14.7. The van der Waals surface area contributed by atoms with Gasteiger partial charge in [0.1, 0.15) is 11.2 Å². The lowest BCUT2D eigenvalue weighted by molar-refractivity contribution is -0.109. The zero-order valence-corrected chi connectivity index (χ0v) is 25.2. The number of likely N-dealkylation sites (tertiary alicyclic amines) is 1. The number of benzene rings is 1. The Morgan fingerprint density at radius 1 is 1.10 bits per heavy atom. The second kappa shape index (κ2) is 13.7. The van der Waals surface area contributed by atoms with Crippen molar-refractivity contribution in [1.82, 2.24) is 18.8 Å². The molecule has 0 aliphatic carbocycles. The number of hydrogen-bond acceptors (Lipinski definition) is 7. The summed E-state index contributed by atoms with van der Waals surface area (Å²) >= 11 is 5.96. The molecule has 2 rings (SSSR count). The zero-order chi connectivity index (χ0) is 29.4. The molecule has 1 aliphatic heterocycles. The van der Waals surface area contributed by atoms with E-state index >= 15 is 0 Å². The van der Waals surface area contributed by atoms with E-state index in [-0.39, 0.29) is 25.8 Å². The fraction of sp³-hybridized carbons (Fsp3) is 0.654. The highest BCUT2D eigenvalue weighted by Crippen LogP contribution is 2.25. The van der Waals surface area contributed by atoms with E-state index in [1.807, 2.05) is 0 Å². The molecule has 1 N–H and O–H groups in total. The van der Waals surface area contributed by atoms with Gasteiger partial charge in [0, 0.05) is 24.2 Å². The Kier molecular flexibility index (Phi) is 11.4. The smallest absolute Gasteiger partial charge is 0.425 e. The Bertz CT molecular complexity index is 1090. The molecule has 0 radical (unpaired) electrons. The maximum atomic E-state index is 13.8. The van der Waals surface area contributed by atoms with Crippen LogP contribution >= 0.6 is 11.6 Å². The molecular formula is C26H41ClN4O7S. The average molecular weight is 589 g/mol. The first-order chi connectivity index (χ1) is 18.0. The van der Waals surface area contributed by atoms with Gasteiger partial charge in [-0.05, 0) is 84.9 Å². The van der Waals surface area contributed by atoms with Crippen LogP contribution < -0.4 is 5.32 Å². The van der Waals surface area contributed by atoms with E-state index in [1.165, 1.54) is 0 Å². The molecule has 39 heavy (non-hydrogen) atoms. The first-order valence-electron chi connectivity index (χ1n) is 13.0. The molecule has 1 fully saturated rings. The summed E-state index contributed by atoms with van der Waals surface area (Å²) in [6, 6.07) is 6.34. The van der Waals surface area contributed by atoms with Crippen LogP contribution in [0.25, 0.3) is 0 Å². The summed E-state index contributed by atoms with van der Waals surface area (Å²) in [6.45, 7) is 10.3. The van der Waals surface area contributed by atoms with E-state index in [0.717, 1.165) is 17.1 Å². The van der Waals surface area contributed by atoms with E-state index in [9.17, 15) is 22.8 Å². The Hall–Kier alpha value is -2.57. The number of amides is 3. The van der Waals surface area contributed by atoms with Crippen molar-refractivity contribution >= 4 is 40.4 Å². The molecule has 0 saturated carbocycles. The normalized spacial score (nSPS) is 16.2. The molecule has 0 bridgehead atoms. The van der Waals surface area contributed by atoms with Crippen LogP contribution in [0.2, 0.25) is 5.02 Å². The number of carbonyl (C=O) groups is 3. The van der Waals surface area contributed by atoms with E-state index in [4.69, 9.17) is 21.1 Å². The zero-order valence-electron chi connectivity index (χ0n) is 23.6. The highest BCUT2D eigenvalue weighted by atomic mass is 35.5. The van der Waals surface area contributed by atoms with Crippen LogP contribution in [0.5, 0.6) is 0 Å². The predicted octanol–water partition coefficient (Wildman–Crippen LogP) is 4.51. The van der Waals surface area contributed by atoms with Gasteiger partial charge in [0.05, 0.1) is 13.2 Å². The average Bonchev–Trinajstić information content (AvgIpc) is 3.27. The number of halogens is 1. The third kappa shape index (κ3) is 10.5. The van der Waals surface area contributed by atoms with Crippen LogP contribution in [0.4, 0.5) is 9.59 Å². The molecule has 13 heteroatoms. The minimum Gasteiger partial charge on any atom is -0.444 e. The summed E-state index contributed by atoms with van der Waals surface area (Å²) < 4.78 is 40.1. The molecule has 0 spiro atoms. The third-order valence-corrected chi connectivity index (χ3v) is 7.79. The molecule has 0 aromatic heterocycles. The lowest BCUT2D eigenvalue weighted by Gasteiger charge is -2.32. The van der Waals surface area contributed by atoms with Crippen LogP contribution in [-0.4, -0.2) is 77.5 Å². The van der Waals surface area contributed by atoms with Gasteiger partial charge in [-0.1, -0.05) is 23.7 Å². The van der Waals surface area contributed by atoms with Gasteiger partial charge in [-0.25, -0.2) is 9.59 Å². The fourth-order valence-electron chi connectivity index (χ4n) is 4.06. The summed E-state index contributed by atoms with van der Waals surface area (Å²) in [5, 5.41) is 2.85. The Morgan fingerprint density at radius 2 is 1.72 bits per heavy atom. The summed E-state index contributed by atoms with van der Waals surface area (Å²) in [6.07, 6.45) is 1.46. The molecule has 1 atom stereocenters. The fourth-order valence-corrected chi connectivity index (χ4v) is 5.60. The highest BCUT2D eigenvalue weighted by molar-refractivity contribution is 7.87. The maximum Gasteiger partial charge on any atom is 0.425 e. The molecule has 1 aliphatic rings. The van der Waals surface area contributed by atoms with Crippen molar-refractivity contribution in [3.63, 3.8) is 0 Å². The second-order valence-corrected chi connectivity index (χ2v) is 13.7. The monoisotopic (exact) mass is 588 g/mol. The number of nitrogens with one attached hydrogen (secondary N) is 1. The van der Waals surface area contributed by atoms with Crippen LogP contribution in [0.1, 0.15) is 72.8 Å². The lowest BCUT2D eigenvalue weighted by Crippen LogP contribution is -2.50. The number of hydrogen-bond donors (Lipinski definition) is 1. The molecular weight excluding hydrogens is 548 g/mol. The highest BCUT2D eigenvalue weighted by Gasteiger charge is 2.37. The molecule has 1 saturated heterocycles. The summed E-state index contributed by atoms with van der Waals surface area (Å²) in [4.78, 5) is 38.5. The molecule has 1 aromatic carbocycles. The minimum atomic E-state index is -4.43. The molecule has 3 amide bonds. The van der Waals surface area contributed by atoms with Gasteiger partial charge in [-0.2, -0.15) is 17.0 Å². The molecule has 11 nitrogen and oxygen atoms in total. The van der Waals surface area contributed by atoms with Crippen molar-refractivity contribution in [2.24, 2.45) is 0 Å². The molecule has 1 aromatic rings. The van der Waals surface area contributed by atoms with Crippen molar-refractivity contribution in [2.75, 3.05) is 19.8 Å². The summed E-state index contributed by atoms with van der Waals surface area (Å²) in [5.74, 6) is 0. The van der Waals surface area contributed by atoms with E-state index in [1.54, 1.807) is 70.7 Å². The Balaban J connectivity index is 2.22. The van der Waals surface area contributed by atoms with Crippen molar-refractivity contribution < 1.29 is 32.3 Å². The number of nitrogens with zero attached hydrogens (tertiary/aromatic N) is 3. The van der Waals surface area contributed by atoms with Gasteiger partial charge in [0.15, 0.2) is 0 Å². The second-order valence-electron chi connectivity index (χ2n) is 11.4. The lowest BCUT2D eigenvalue weighted by atomic mass is 10.1. The first kappa shape index (κ1) is 32.6. The maximum absolute atomic E-state index is 13.8. The minimum absolute atomic E-state index is 0.00173. The number of carbonyl (C=O) groups excluding carboxylic acids is 3. The Labute approximate surface area is 236 Å². The topological polar surface area (TPSA) is 126 Å².